The maximum Gasteiger partial charge on any atom is 0.296 e. The number of benzene rings is 2. The van der Waals surface area contributed by atoms with E-state index in [0.29, 0.717) is 11.2 Å². The monoisotopic (exact) mass is 333 g/mol. The van der Waals surface area contributed by atoms with E-state index in [2.05, 4.69) is 15.3 Å². The largest absolute Gasteiger partial charge is 0.497 e. The highest BCUT2D eigenvalue weighted by Crippen LogP contribution is 2.23. The van der Waals surface area contributed by atoms with Crippen LogP contribution in [-0.4, -0.2) is 31.9 Å². The van der Waals surface area contributed by atoms with E-state index < -0.39 is 0 Å². The van der Waals surface area contributed by atoms with Gasteiger partial charge in [-0.15, -0.1) is 10.2 Å². The molecule has 4 aromatic rings. The molecule has 0 fully saturated rings. The Morgan fingerprint density at radius 1 is 0.880 bits per heavy atom. The molecule has 0 aliphatic rings. The van der Waals surface area contributed by atoms with Crippen molar-refractivity contribution < 1.29 is 4.74 Å². The maximum absolute atomic E-state index is 12.4. The summed E-state index contributed by atoms with van der Waals surface area (Å²) in [6.07, 6.45) is 0. The fourth-order valence-electron chi connectivity index (χ4n) is 2.63. The number of nitrogens with zero attached hydrogens (tertiary/aromatic N) is 5. The minimum absolute atomic E-state index is 0.283. The third-order valence-corrected chi connectivity index (χ3v) is 3.94. The molecule has 0 saturated carbocycles. The Morgan fingerprint density at radius 3 is 2.24 bits per heavy atom. The topological polar surface area (TPSA) is 74.8 Å². The summed E-state index contributed by atoms with van der Waals surface area (Å²) in [4.78, 5) is 13.9. The van der Waals surface area contributed by atoms with Crippen LogP contribution in [0.5, 0.6) is 5.75 Å². The predicted octanol–water partition coefficient (Wildman–Crippen LogP) is 2.19. The quantitative estimate of drug-likeness (QED) is 0.574. The van der Waals surface area contributed by atoms with Crippen LogP contribution in [0.15, 0.2) is 59.4 Å². The number of fused-ring (bicyclic) bond motifs is 1. The summed E-state index contributed by atoms with van der Waals surface area (Å²) in [7, 11) is 3.22. The molecule has 2 aromatic heterocycles. The minimum Gasteiger partial charge on any atom is -0.497 e. The van der Waals surface area contributed by atoms with Crippen LogP contribution in [0.25, 0.3) is 28.0 Å². The van der Waals surface area contributed by atoms with Gasteiger partial charge >= 0.3 is 0 Å². The van der Waals surface area contributed by atoms with Gasteiger partial charge in [0.1, 0.15) is 17.0 Å². The molecule has 7 nitrogen and oxygen atoms in total. The number of hydrogen-bond acceptors (Lipinski definition) is 5. The van der Waals surface area contributed by atoms with Crippen molar-refractivity contribution in [2.24, 2.45) is 7.05 Å². The molecule has 0 spiro atoms. The molecule has 0 N–H and O–H groups in total. The Bertz CT molecular complexity index is 1100. The van der Waals surface area contributed by atoms with Crippen molar-refractivity contribution in [3.05, 3.63) is 65.0 Å². The first-order valence-corrected chi connectivity index (χ1v) is 7.71. The summed E-state index contributed by atoms with van der Waals surface area (Å²) in [6.45, 7) is 0. The molecule has 0 amide bonds. The zero-order valence-corrected chi connectivity index (χ0v) is 13.7. The van der Waals surface area contributed by atoms with Crippen LogP contribution in [0.2, 0.25) is 0 Å². The number of aryl methyl sites for hydroxylation is 1. The summed E-state index contributed by atoms with van der Waals surface area (Å²) in [6, 6.07) is 16.9. The maximum atomic E-state index is 12.4. The molecule has 0 bridgehead atoms. The Hall–Kier alpha value is -3.48. The van der Waals surface area contributed by atoms with E-state index in [1.165, 1.54) is 9.48 Å². The Balaban J connectivity index is 1.95. The molecule has 0 unspecified atom stereocenters. The lowest BCUT2D eigenvalue weighted by atomic mass is 10.1. The molecule has 124 valence electrons. The van der Waals surface area contributed by atoms with Crippen molar-refractivity contribution in [2.45, 2.75) is 0 Å². The van der Waals surface area contributed by atoms with E-state index in [9.17, 15) is 4.79 Å². The zero-order valence-electron chi connectivity index (χ0n) is 13.7. The molecule has 25 heavy (non-hydrogen) atoms. The highest BCUT2D eigenvalue weighted by molar-refractivity contribution is 5.87. The summed E-state index contributed by atoms with van der Waals surface area (Å²) in [5, 5.41) is 13.3. The van der Waals surface area contributed by atoms with E-state index in [-0.39, 0.29) is 11.1 Å². The lowest BCUT2D eigenvalue weighted by molar-refractivity contribution is 0.414. The van der Waals surface area contributed by atoms with Gasteiger partial charge in [0.05, 0.1) is 12.8 Å². The standard InChI is InChI=1S/C18H15N5O2/c1-22-18(24)17-16(15(19-22)12-6-4-3-5-7-12)20-23(21-17)13-8-10-14(25-2)11-9-13/h3-11H,1-2H3. The van der Waals surface area contributed by atoms with Crippen molar-refractivity contribution in [2.75, 3.05) is 7.11 Å². The van der Waals surface area contributed by atoms with Crippen molar-refractivity contribution >= 4 is 11.0 Å². The molecule has 7 heteroatoms. The molecule has 2 heterocycles. The van der Waals surface area contributed by atoms with Gasteiger partial charge in [-0.1, -0.05) is 30.3 Å². The minimum atomic E-state index is -0.283. The summed E-state index contributed by atoms with van der Waals surface area (Å²) < 4.78 is 6.45. The highest BCUT2D eigenvalue weighted by Gasteiger charge is 2.17. The Morgan fingerprint density at radius 2 is 1.56 bits per heavy atom. The predicted molar refractivity (Wildman–Crippen MR) is 93.9 cm³/mol. The SMILES string of the molecule is COc1ccc(-n2nc3c(-c4ccccc4)nn(C)c(=O)c3n2)cc1. The number of rotatable bonds is 3. The van der Waals surface area contributed by atoms with Crippen LogP contribution in [-0.2, 0) is 7.05 Å². The van der Waals surface area contributed by atoms with E-state index in [0.717, 1.165) is 17.0 Å². The summed E-state index contributed by atoms with van der Waals surface area (Å²) >= 11 is 0. The summed E-state index contributed by atoms with van der Waals surface area (Å²) in [5.74, 6) is 0.739. The van der Waals surface area contributed by atoms with Gasteiger partial charge in [-0.25, -0.2) is 4.68 Å². The zero-order chi connectivity index (χ0) is 17.4. The van der Waals surface area contributed by atoms with Crippen molar-refractivity contribution in [1.29, 1.82) is 0 Å². The van der Waals surface area contributed by atoms with Gasteiger partial charge < -0.3 is 4.74 Å². The fraction of sp³-hybridized carbons (Fsp3) is 0.111. The van der Waals surface area contributed by atoms with Crippen LogP contribution in [0.4, 0.5) is 0 Å². The number of ether oxygens (including phenoxy) is 1. The van der Waals surface area contributed by atoms with E-state index >= 15 is 0 Å². The van der Waals surface area contributed by atoms with Gasteiger partial charge in [0.15, 0.2) is 5.52 Å². The number of hydrogen-bond donors (Lipinski definition) is 0. The van der Waals surface area contributed by atoms with Gasteiger partial charge in [0, 0.05) is 12.6 Å². The smallest absolute Gasteiger partial charge is 0.296 e. The van der Waals surface area contributed by atoms with Crippen LogP contribution in [0, 0.1) is 0 Å². The number of methoxy groups -OCH3 is 1. The average molecular weight is 333 g/mol. The van der Waals surface area contributed by atoms with Gasteiger partial charge in [-0.05, 0) is 24.3 Å². The third-order valence-electron chi connectivity index (χ3n) is 3.94. The van der Waals surface area contributed by atoms with Gasteiger partial charge in [-0.2, -0.15) is 9.90 Å². The second kappa shape index (κ2) is 5.86. The molecule has 0 saturated heterocycles. The van der Waals surface area contributed by atoms with Crippen LogP contribution in [0.1, 0.15) is 0 Å². The van der Waals surface area contributed by atoms with Gasteiger partial charge in [0.2, 0.25) is 0 Å². The first kappa shape index (κ1) is 15.1. The molecule has 2 aromatic carbocycles. The van der Waals surface area contributed by atoms with E-state index in [4.69, 9.17) is 4.74 Å². The number of aromatic nitrogens is 5. The summed E-state index contributed by atoms with van der Waals surface area (Å²) in [5.41, 5.74) is 2.71. The van der Waals surface area contributed by atoms with Crippen LogP contribution < -0.4 is 10.3 Å². The van der Waals surface area contributed by atoms with Crippen molar-refractivity contribution in [3.63, 3.8) is 0 Å². The van der Waals surface area contributed by atoms with Crippen molar-refractivity contribution in [1.82, 2.24) is 24.8 Å². The van der Waals surface area contributed by atoms with Crippen LogP contribution >= 0.6 is 0 Å². The molecule has 0 aliphatic carbocycles. The first-order chi connectivity index (χ1) is 12.2. The lowest BCUT2D eigenvalue weighted by Gasteiger charge is -2.03. The van der Waals surface area contributed by atoms with E-state index in [1.807, 2.05) is 54.6 Å². The fourth-order valence-corrected chi connectivity index (χ4v) is 2.63. The first-order valence-electron chi connectivity index (χ1n) is 7.71. The second-order valence-corrected chi connectivity index (χ2v) is 5.53. The van der Waals surface area contributed by atoms with Gasteiger partial charge in [-0.3, -0.25) is 4.79 Å². The van der Waals surface area contributed by atoms with E-state index in [1.54, 1.807) is 14.2 Å². The highest BCUT2D eigenvalue weighted by atomic mass is 16.5. The van der Waals surface area contributed by atoms with Gasteiger partial charge in [0.25, 0.3) is 5.56 Å². The van der Waals surface area contributed by atoms with Crippen LogP contribution in [0.3, 0.4) is 0 Å². The average Bonchev–Trinajstić information content (AvgIpc) is 3.11. The second-order valence-electron chi connectivity index (χ2n) is 5.53. The Kier molecular flexibility index (Phi) is 3.53. The van der Waals surface area contributed by atoms with Crippen molar-refractivity contribution in [3.8, 4) is 22.7 Å². The molecule has 0 atom stereocenters. The molecule has 0 radical (unpaired) electrons. The molecule has 0 aliphatic heterocycles. The Labute approximate surface area is 143 Å². The third kappa shape index (κ3) is 2.55. The molecular formula is C18H15N5O2. The normalized spacial score (nSPS) is 11.0. The molecular weight excluding hydrogens is 318 g/mol. The lowest BCUT2D eigenvalue weighted by Crippen LogP contribution is -2.20. The molecule has 4 rings (SSSR count).